The molecule has 1 rings (SSSR count). The minimum Gasteiger partial charge on any atom is -0.461 e. The molecule has 1 fully saturated rings. The summed E-state index contributed by atoms with van der Waals surface area (Å²) >= 11 is 0. The lowest BCUT2D eigenvalue weighted by Crippen LogP contribution is -2.46. The molecular weight excluding hydrogens is 682 g/mol. The van der Waals surface area contributed by atoms with Crippen LogP contribution in [0.15, 0.2) is 0 Å². The molecule has 0 radical (unpaired) electrons. The molecule has 9 nitrogen and oxygen atoms in total. The van der Waals surface area contributed by atoms with E-state index in [0.29, 0.717) is 58.8 Å². The second-order valence-corrected chi connectivity index (χ2v) is 15.6. The summed E-state index contributed by atoms with van der Waals surface area (Å²) < 4.78 is 36.1. The van der Waals surface area contributed by atoms with Crippen LogP contribution in [0.1, 0.15) is 214 Å². The van der Waals surface area contributed by atoms with Crippen LogP contribution in [-0.2, 0) is 38.0 Å². The van der Waals surface area contributed by atoms with E-state index in [1.165, 1.54) is 103 Å². The minimum atomic E-state index is -0.393. The average molecular weight is 770 g/mol. The number of piperidine rings is 1. The molecule has 1 aliphatic rings. The molecule has 0 saturated carbocycles. The molecule has 54 heavy (non-hydrogen) atoms. The fourth-order valence-corrected chi connectivity index (χ4v) is 6.82. The smallest absolute Gasteiger partial charge is 0.306 e. The molecule has 0 aromatic rings. The standard InChI is InChI=1S/C45H87NO8/c1-5-9-13-17-21-25-33-49-44(50-34-26-22-18-14-10-6-2)31-29-42(47)53-40-37-41(39-46-38-40)54-43(48)30-32-45(51-35-27-23-19-15-11-7-3)52-36-28-24-20-16-12-8-4/h40-41,44-46H,5-39H2,1-4H3/t40-,41+. The van der Waals surface area contributed by atoms with Crippen molar-refractivity contribution in [2.24, 2.45) is 0 Å². The highest BCUT2D eigenvalue weighted by molar-refractivity contribution is 5.70. The second kappa shape index (κ2) is 38.6. The van der Waals surface area contributed by atoms with Gasteiger partial charge < -0.3 is 33.7 Å². The van der Waals surface area contributed by atoms with E-state index in [9.17, 15) is 9.59 Å². The van der Waals surface area contributed by atoms with Crippen LogP contribution in [0, 0.1) is 0 Å². The Kier molecular flexibility index (Phi) is 36.3. The van der Waals surface area contributed by atoms with Crippen LogP contribution >= 0.6 is 0 Å². The number of carbonyl (C=O) groups excluding carboxylic acids is 2. The Morgan fingerprint density at radius 3 is 1.02 bits per heavy atom. The van der Waals surface area contributed by atoms with Crippen molar-refractivity contribution < 1.29 is 38.0 Å². The molecular formula is C45H87NO8. The Hall–Kier alpha value is -1.26. The van der Waals surface area contributed by atoms with Crippen LogP contribution in [0.25, 0.3) is 0 Å². The summed E-state index contributed by atoms with van der Waals surface area (Å²) in [6.07, 6.45) is 29.3. The number of ether oxygens (including phenoxy) is 6. The summed E-state index contributed by atoms with van der Waals surface area (Å²) in [5.41, 5.74) is 0. The van der Waals surface area contributed by atoms with Crippen LogP contribution in [0.3, 0.4) is 0 Å². The highest BCUT2D eigenvalue weighted by Crippen LogP contribution is 2.17. The monoisotopic (exact) mass is 770 g/mol. The van der Waals surface area contributed by atoms with E-state index in [-0.39, 0.29) is 37.0 Å². The van der Waals surface area contributed by atoms with E-state index in [1.54, 1.807) is 0 Å². The molecule has 1 saturated heterocycles. The topological polar surface area (TPSA) is 102 Å². The maximum Gasteiger partial charge on any atom is 0.306 e. The minimum absolute atomic E-state index is 0.234. The fraction of sp³-hybridized carbons (Fsp3) is 0.956. The highest BCUT2D eigenvalue weighted by Gasteiger charge is 2.28. The van der Waals surface area contributed by atoms with Crippen molar-refractivity contribution in [2.75, 3.05) is 39.5 Å². The van der Waals surface area contributed by atoms with E-state index < -0.39 is 12.6 Å². The van der Waals surface area contributed by atoms with Crippen molar-refractivity contribution in [1.82, 2.24) is 5.32 Å². The number of hydrogen-bond donors (Lipinski definition) is 1. The van der Waals surface area contributed by atoms with Gasteiger partial charge in [-0.3, -0.25) is 9.59 Å². The van der Waals surface area contributed by atoms with Crippen molar-refractivity contribution in [3.63, 3.8) is 0 Å². The second-order valence-electron chi connectivity index (χ2n) is 15.6. The third kappa shape index (κ3) is 31.9. The quantitative estimate of drug-likeness (QED) is 0.0371. The molecule has 1 aliphatic heterocycles. The first-order valence-electron chi connectivity index (χ1n) is 23.1. The number of esters is 2. The van der Waals surface area contributed by atoms with Gasteiger partial charge in [-0.25, -0.2) is 0 Å². The number of hydrogen-bond acceptors (Lipinski definition) is 9. The molecule has 0 aromatic heterocycles. The van der Waals surface area contributed by atoms with Gasteiger partial charge in [-0.2, -0.15) is 0 Å². The SMILES string of the molecule is CCCCCCCCOC(CCC(=O)O[C@@H]1CNC[C@H](OC(=O)CCC(OCCCCCCCC)OCCCCCCCC)C1)OCCCCCCCC. The molecule has 0 amide bonds. The Bertz CT molecular complexity index is 729. The zero-order valence-corrected chi connectivity index (χ0v) is 35.8. The van der Waals surface area contributed by atoms with Crippen LogP contribution < -0.4 is 5.32 Å². The maximum atomic E-state index is 12.9. The van der Waals surface area contributed by atoms with Gasteiger partial charge in [0.2, 0.25) is 0 Å². The van der Waals surface area contributed by atoms with Crippen molar-refractivity contribution in [3.05, 3.63) is 0 Å². The molecule has 2 atom stereocenters. The Balaban J connectivity index is 2.47. The third-order valence-corrected chi connectivity index (χ3v) is 10.2. The summed E-state index contributed by atoms with van der Waals surface area (Å²) in [4.78, 5) is 25.9. The summed E-state index contributed by atoms with van der Waals surface area (Å²) in [7, 11) is 0. The van der Waals surface area contributed by atoms with E-state index >= 15 is 0 Å². The normalized spacial score (nSPS) is 16.0. The van der Waals surface area contributed by atoms with Gasteiger partial charge >= 0.3 is 11.9 Å². The van der Waals surface area contributed by atoms with Crippen molar-refractivity contribution in [3.8, 4) is 0 Å². The van der Waals surface area contributed by atoms with E-state index in [1.807, 2.05) is 0 Å². The predicted molar refractivity (Wildman–Crippen MR) is 221 cm³/mol. The molecule has 320 valence electrons. The molecule has 1 heterocycles. The van der Waals surface area contributed by atoms with Crippen LogP contribution in [0.4, 0.5) is 0 Å². The van der Waals surface area contributed by atoms with Crippen LogP contribution in [0.2, 0.25) is 0 Å². The largest absolute Gasteiger partial charge is 0.461 e. The molecule has 0 aromatic carbocycles. The molecule has 1 N–H and O–H groups in total. The van der Waals surface area contributed by atoms with Crippen molar-refractivity contribution in [2.45, 2.75) is 239 Å². The zero-order valence-electron chi connectivity index (χ0n) is 35.8. The molecule has 0 aliphatic carbocycles. The van der Waals surface area contributed by atoms with Crippen molar-refractivity contribution >= 4 is 11.9 Å². The van der Waals surface area contributed by atoms with E-state index in [2.05, 4.69) is 33.0 Å². The van der Waals surface area contributed by atoms with E-state index in [0.717, 1.165) is 51.4 Å². The first-order valence-corrected chi connectivity index (χ1v) is 23.1. The Morgan fingerprint density at radius 2 is 0.722 bits per heavy atom. The van der Waals surface area contributed by atoms with Gasteiger partial charge in [0, 0.05) is 58.8 Å². The zero-order chi connectivity index (χ0) is 39.2. The lowest BCUT2D eigenvalue weighted by atomic mass is 10.1. The van der Waals surface area contributed by atoms with Crippen LogP contribution in [-0.4, -0.2) is 76.2 Å². The third-order valence-electron chi connectivity index (χ3n) is 10.2. The first-order chi connectivity index (χ1) is 26.5. The number of rotatable bonds is 40. The van der Waals surface area contributed by atoms with Gasteiger partial charge in [0.1, 0.15) is 12.2 Å². The number of nitrogens with one attached hydrogen (secondary N) is 1. The number of carbonyl (C=O) groups is 2. The van der Waals surface area contributed by atoms with Gasteiger partial charge in [0.15, 0.2) is 12.6 Å². The molecule has 9 heteroatoms. The highest BCUT2D eigenvalue weighted by atomic mass is 16.7. The van der Waals surface area contributed by atoms with Gasteiger partial charge in [-0.1, -0.05) is 156 Å². The molecule has 0 bridgehead atoms. The average Bonchev–Trinajstić information content (AvgIpc) is 3.17. The maximum absolute atomic E-state index is 12.9. The van der Waals surface area contributed by atoms with Gasteiger partial charge in [0.25, 0.3) is 0 Å². The van der Waals surface area contributed by atoms with Crippen LogP contribution in [0.5, 0.6) is 0 Å². The van der Waals surface area contributed by atoms with Crippen molar-refractivity contribution in [1.29, 1.82) is 0 Å². The molecule has 0 spiro atoms. The predicted octanol–water partition coefficient (Wildman–Crippen LogP) is 11.5. The summed E-state index contributed by atoms with van der Waals surface area (Å²) in [6, 6.07) is 0. The summed E-state index contributed by atoms with van der Waals surface area (Å²) in [6.45, 7) is 12.6. The molecule has 0 unspecified atom stereocenters. The lowest BCUT2D eigenvalue weighted by Gasteiger charge is -2.30. The lowest BCUT2D eigenvalue weighted by molar-refractivity contribution is -0.168. The summed E-state index contributed by atoms with van der Waals surface area (Å²) in [5.74, 6) is -0.532. The van der Waals surface area contributed by atoms with Gasteiger partial charge in [-0.15, -0.1) is 0 Å². The van der Waals surface area contributed by atoms with E-state index in [4.69, 9.17) is 28.4 Å². The Morgan fingerprint density at radius 1 is 0.444 bits per heavy atom. The Labute approximate surface area is 332 Å². The van der Waals surface area contributed by atoms with Gasteiger partial charge in [0.05, 0.1) is 12.8 Å². The number of unbranched alkanes of at least 4 members (excludes halogenated alkanes) is 20. The summed E-state index contributed by atoms with van der Waals surface area (Å²) in [5, 5.41) is 3.28. The van der Waals surface area contributed by atoms with Gasteiger partial charge in [-0.05, 0) is 25.7 Å². The fourth-order valence-electron chi connectivity index (χ4n) is 6.82. The first kappa shape index (κ1) is 50.8.